The van der Waals surface area contributed by atoms with Gasteiger partial charge in [-0.15, -0.1) is 0 Å². The first kappa shape index (κ1) is 14.9. The van der Waals surface area contributed by atoms with E-state index in [0.717, 1.165) is 22.7 Å². The van der Waals surface area contributed by atoms with E-state index >= 15 is 0 Å². The summed E-state index contributed by atoms with van der Waals surface area (Å²) in [4.78, 5) is 9.56. The van der Waals surface area contributed by atoms with Gasteiger partial charge in [0.1, 0.15) is 5.70 Å². The number of nitrogens with zero attached hydrogens (tertiary/aromatic N) is 2. The molecule has 0 aromatic heterocycles. The summed E-state index contributed by atoms with van der Waals surface area (Å²) < 4.78 is 0. The molecule has 24 heavy (non-hydrogen) atoms. The van der Waals surface area contributed by atoms with Gasteiger partial charge in [0.2, 0.25) is 0 Å². The number of benzene rings is 2. The van der Waals surface area contributed by atoms with Crippen molar-refractivity contribution in [3.8, 4) is 0 Å². The van der Waals surface area contributed by atoms with Crippen LogP contribution in [-0.4, -0.2) is 18.5 Å². The van der Waals surface area contributed by atoms with Crippen LogP contribution in [0.3, 0.4) is 0 Å². The Labute approximate surface area is 142 Å². The van der Waals surface area contributed by atoms with Crippen molar-refractivity contribution in [1.29, 1.82) is 0 Å². The summed E-state index contributed by atoms with van der Waals surface area (Å²) in [6.45, 7) is 6.62. The van der Waals surface area contributed by atoms with Crippen molar-refractivity contribution in [2.45, 2.75) is 20.8 Å². The lowest BCUT2D eigenvalue weighted by Crippen LogP contribution is -2.14. The second-order valence-electron chi connectivity index (χ2n) is 7.23. The summed E-state index contributed by atoms with van der Waals surface area (Å²) in [5, 5.41) is 2.49. The standard InChI is InChI=1S/C22H20N2/c1-22(2,3)17-12-7-13-18(17)24-21-16-11-6-9-14-8-5-10-15(19(14)16)20(21)23-4/h5-12H,1-4H3. The Morgan fingerprint density at radius 3 is 2.21 bits per heavy atom. The zero-order chi connectivity index (χ0) is 16.9. The monoisotopic (exact) mass is 312 g/mol. The molecule has 0 saturated carbocycles. The third kappa shape index (κ3) is 2.11. The number of hydrogen-bond donors (Lipinski definition) is 0. The molecule has 2 aromatic carbocycles. The normalized spacial score (nSPS) is 19.5. The number of aliphatic imine (C=N–C) groups is 2. The number of rotatable bonds is 1. The van der Waals surface area contributed by atoms with E-state index in [1.54, 1.807) is 0 Å². The highest BCUT2D eigenvalue weighted by Crippen LogP contribution is 2.36. The Kier molecular flexibility index (Phi) is 3.19. The molecular weight excluding hydrogens is 292 g/mol. The Balaban J connectivity index is 1.94. The topological polar surface area (TPSA) is 24.7 Å². The van der Waals surface area contributed by atoms with Crippen LogP contribution in [-0.2, 0) is 0 Å². The Bertz CT molecular complexity index is 1010. The van der Waals surface area contributed by atoms with E-state index in [0.29, 0.717) is 0 Å². The largest absolute Gasteiger partial charge is 0.286 e. The van der Waals surface area contributed by atoms with Crippen LogP contribution in [0.4, 0.5) is 0 Å². The fraction of sp³-hybridized carbons (Fsp3) is 0.227. The summed E-state index contributed by atoms with van der Waals surface area (Å²) >= 11 is 0. The minimum Gasteiger partial charge on any atom is -0.286 e. The molecule has 4 rings (SSSR count). The smallest absolute Gasteiger partial charge is 0.109 e. The molecule has 2 aromatic rings. The molecule has 0 fully saturated rings. The zero-order valence-corrected chi connectivity index (χ0v) is 14.5. The van der Waals surface area contributed by atoms with Gasteiger partial charge < -0.3 is 0 Å². The lowest BCUT2D eigenvalue weighted by molar-refractivity contribution is 0.511. The van der Waals surface area contributed by atoms with Crippen LogP contribution >= 0.6 is 0 Å². The Morgan fingerprint density at radius 2 is 1.58 bits per heavy atom. The molecule has 0 N–H and O–H groups in total. The lowest BCUT2D eigenvalue weighted by atomic mass is 9.85. The highest BCUT2D eigenvalue weighted by Gasteiger charge is 2.28. The van der Waals surface area contributed by atoms with E-state index in [1.807, 2.05) is 13.1 Å². The maximum atomic E-state index is 5.01. The summed E-state index contributed by atoms with van der Waals surface area (Å²) in [6.07, 6.45) is 4.08. The Hall–Kier alpha value is -2.70. The van der Waals surface area contributed by atoms with Gasteiger partial charge in [-0.3, -0.25) is 4.99 Å². The molecule has 2 aliphatic carbocycles. The van der Waals surface area contributed by atoms with Crippen molar-refractivity contribution in [2.75, 3.05) is 7.05 Å². The minimum absolute atomic E-state index is 0.0420. The van der Waals surface area contributed by atoms with E-state index in [2.05, 4.69) is 74.0 Å². The third-order valence-electron chi connectivity index (χ3n) is 4.62. The fourth-order valence-corrected chi connectivity index (χ4v) is 3.50. The van der Waals surface area contributed by atoms with Gasteiger partial charge in [0.15, 0.2) is 0 Å². The molecule has 0 spiro atoms. The first-order valence-electron chi connectivity index (χ1n) is 8.27. The molecule has 118 valence electrons. The minimum atomic E-state index is 0.0420. The van der Waals surface area contributed by atoms with Gasteiger partial charge in [-0.1, -0.05) is 62.9 Å². The molecule has 0 aliphatic heterocycles. The Morgan fingerprint density at radius 1 is 0.917 bits per heavy atom. The fourth-order valence-electron chi connectivity index (χ4n) is 3.50. The van der Waals surface area contributed by atoms with Crippen molar-refractivity contribution in [3.05, 3.63) is 76.7 Å². The summed E-state index contributed by atoms with van der Waals surface area (Å²) in [5.74, 6) is 0. The molecule has 0 unspecified atom stereocenters. The predicted molar refractivity (Wildman–Crippen MR) is 102 cm³/mol. The van der Waals surface area contributed by atoms with E-state index in [4.69, 9.17) is 4.99 Å². The van der Waals surface area contributed by atoms with Gasteiger partial charge in [-0.05, 0) is 28.5 Å². The summed E-state index contributed by atoms with van der Waals surface area (Å²) in [5.41, 5.74) is 9.74. The number of hydrogen-bond acceptors (Lipinski definition) is 2. The van der Waals surface area contributed by atoms with E-state index in [-0.39, 0.29) is 5.41 Å². The molecule has 2 nitrogen and oxygen atoms in total. The van der Waals surface area contributed by atoms with Gasteiger partial charge in [-0.25, -0.2) is 4.99 Å². The third-order valence-corrected chi connectivity index (χ3v) is 4.62. The van der Waals surface area contributed by atoms with Crippen molar-refractivity contribution in [2.24, 2.45) is 15.4 Å². The van der Waals surface area contributed by atoms with Crippen LogP contribution in [0.2, 0.25) is 0 Å². The molecule has 0 amide bonds. The first-order valence-corrected chi connectivity index (χ1v) is 8.27. The molecule has 0 heterocycles. The second-order valence-corrected chi connectivity index (χ2v) is 7.23. The molecule has 2 aliphatic rings. The molecule has 0 saturated heterocycles. The lowest BCUT2D eigenvalue weighted by Gasteiger charge is -2.21. The highest BCUT2D eigenvalue weighted by atomic mass is 14.8. The molecule has 0 radical (unpaired) electrons. The van der Waals surface area contributed by atoms with Crippen LogP contribution < -0.4 is 0 Å². The van der Waals surface area contributed by atoms with Crippen molar-refractivity contribution in [1.82, 2.24) is 0 Å². The van der Waals surface area contributed by atoms with Crippen LogP contribution in [0.1, 0.15) is 31.9 Å². The second kappa shape index (κ2) is 5.15. The van der Waals surface area contributed by atoms with Gasteiger partial charge in [-0.2, -0.15) is 0 Å². The molecule has 0 atom stereocenters. The van der Waals surface area contributed by atoms with Crippen LogP contribution in [0.25, 0.3) is 10.8 Å². The van der Waals surface area contributed by atoms with E-state index in [1.165, 1.54) is 21.9 Å². The van der Waals surface area contributed by atoms with E-state index in [9.17, 15) is 0 Å². The SMILES string of the molecule is CN=C1C(=NC2=C=CC=C2C(C)(C)C)c2cccc3cccc1c23. The van der Waals surface area contributed by atoms with Crippen molar-refractivity contribution >= 4 is 22.2 Å². The van der Waals surface area contributed by atoms with Crippen LogP contribution in [0.5, 0.6) is 0 Å². The van der Waals surface area contributed by atoms with Crippen molar-refractivity contribution in [3.63, 3.8) is 0 Å². The molecule has 2 heteroatoms. The zero-order valence-electron chi connectivity index (χ0n) is 14.5. The molecular formula is C22H20N2. The maximum Gasteiger partial charge on any atom is 0.109 e. The van der Waals surface area contributed by atoms with Gasteiger partial charge >= 0.3 is 0 Å². The van der Waals surface area contributed by atoms with Gasteiger partial charge in [0.25, 0.3) is 0 Å². The van der Waals surface area contributed by atoms with Crippen molar-refractivity contribution < 1.29 is 0 Å². The molecule has 0 bridgehead atoms. The first-order chi connectivity index (χ1) is 11.5. The number of allylic oxidation sites excluding steroid dienone is 2. The summed E-state index contributed by atoms with van der Waals surface area (Å²) in [7, 11) is 1.84. The summed E-state index contributed by atoms with van der Waals surface area (Å²) in [6, 6.07) is 12.7. The average Bonchev–Trinajstić information content (AvgIpc) is 3.13. The maximum absolute atomic E-state index is 5.01. The quantitative estimate of drug-likeness (QED) is 0.656. The van der Waals surface area contributed by atoms with Crippen LogP contribution in [0.15, 0.2) is 75.5 Å². The average molecular weight is 312 g/mol. The highest BCUT2D eigenvalue weighted by molar-refractivity contribution is 6.61. The van der Waals surface area contributed by atoms with Gasteiger partial charge in [0, 0.05) is 23.6 Å². The van der Waals surface area contributed by atoms with Gasteiger partial charge in [0.05, 0.1) is 11.4 Å². The predicted octanol–water partition coefficient (Wildman–Crippen LogP) is 5.09. The van der Waals surface area contributed by atoms with Crippen LogP contribution in [0, 0.1) is 5.41 Å². The van der Waals surface area contributed by atoms with E-state index < -0.39 is 0 Å².